The smallest absolute Gasteiger partial charge is 0.123 e. The van der Waals surface area contributed by atoms with Crippen LogP contribution in [0.5, 0.6) is 11.5 Å². The van der Waals surface area contributed by atoms with E-state index in [0.717, 1.165) is 21.7 Å². The van der Waals surface area contributed by atoms with Crippen molar-refractivity contribution < 1.29 is 14.2 Å². The van der Waals surface area contributed by atoms with E-state index in [1.54, 1.807) is 13.3 Å². The summed E-state index contributed by atoms with van der Waals surface area (Å²) in [5.74, 6) is 1.65. The number of rotatable bonds is 8. The summed E-state index contributed by atoms with van der Waals surface area (Å²) in [4.78, 5) is 4.08. The van der Waals surface area contributed by atoms with Crippen LogP contribution in [0.25, 0.3) is 0 Å². The molecule has 0 fully saturated rings. The lowest BCUT2D eigenvalue weighted by Crippen LogP contribution is -2.27. The lowest BCUT2D eigenvalue weighted by Gasteiger charge is -2.24. The van der Waals surface area contributed by atoms with Gasteiger partial charge in [0.1, 0.15) is 16.1 Å². The molecule has 0 spiro atoms. The molecule has 0 amide bonds. The summed E-state index contributed by atoms with van der Waals surface area (Å²) in [5, 5.41) is 0. The fourth-order valence-electron chi connectivity index (χ4n) is 1.96. The molecule has 0 aliphatic rings. The molecule has 2 rings (SSSR count). The van der Waals surface area contributed by atoms with Gasteiger partial charge in [0, 0.05) is 17.7 Å². The minimum atomic E-state index is -0.0811. The normalized spacial score (nSPS) is 11.3. The van der Waals surface area contributed by atoms with E-state index in [2.05, 4.69) is 34.8 Å². The van der Waals surface area contributed by atoms with Gasteiger partial charge in [-0.3, -0.25) is 0 Å². The van der Waals surface area contributed by atoms with E-state index >= 15 is 0 Å². The third-order valence-corrected chi connectivity index (χ3v) is 3.68. The Hall–Kier alpha value is -1.59. The zero-order chi connectivity index (χ0) is 16.7. The summed E-state index contributed by atoms with van der Waals surface area (Å²) in [6, 6.07) is 11.6. The molecule has 0 N–H and O–H groups in total. The lowest BCUT2D eigenvalue weighted by molar-refractivity contribution is 0.0258. The van der Waals surface area contributed by atoms with Crippen LogP contribution in [0.1, 0.15) is 19.4 Å². The Kier molecular flexibility index (Phi) is 6.42. The summed E-state index contributed by atoms with van der Waals surface area (Å²) in [6.45, 7) is 6.01. The highest BCUT2D eigenvalue weighted by Crippen LogP contribution is 2.21. The zero-order valence-electron chi connectivity index (χ0n) is 13.7. The molecule has 0 bridgehead atoms. The number of pyridine rings is 1. The van der Waals surface area contributed by atoms with Crippen molar-refractivity contribution in [3.05, 3.63) is 52.8 Å². The van der Waals surface area contributed by atoms with E-state index in [1.165, 1.54) is 0 Å². The molecule has 1 heterocycles. The van der Waals surface area contributed by atoms with Crippen molar-refractivity contribution in [1.82, 2.24) is 4.98 Å². The maximum absolute atomic E-state index is 5.83. The van der Waals surface area contributed by atoms with Crippen molar-refractivity contribution in [3.8, 4) is 11.5 Å². The molecule has 2 aromatic rings. The number of benzene rings is 1. The average Bonchev–Trinajstić information content (AvgIpc) is 2.54. The summed E-state index contributed by atoms with van der Waals surface area (Å²) in [7, 11) is 1.66. The van der Waals surface area contributed by atoms with E-state index < -0.39 is 0 Å². The van der Waals surface area contributed by atoms with E-state index in [1.807, 2.05) is 36.4 Å². The molecule has 124 valence electrons. The number of halogens is 1. The van der Waals surface area contributed by atoms with E-state index in [-0.39, 0.29) is 5.41 Å². The molecule has 0 aliphatic heterocycles. The van der Waals surface area contributed by atoms with Crippen molar-refractivity contribution in [2.24, 2.45) is 5.41 Å². The Morgan fingerprint density at radius 1 is 1.04 bits per heavy atom. The van der Waals surface area contributed by atoms with Crippen molar-refractivity contribution in [2.75, 3.05) is 20.3 Å². The molecule has 0 atom stereocenters. The van der Waals surface area contributed by atoms with E-state index in [9.17, 15) is 0 Å². The molecular weight excluding hydrogens is 358 g/mol. The van der Waals surface area contributed by atoms with Crippen LogP contribution in [-0.4, -0.2) is 25.3 Å². The van der Waals surface area contributed by atoms with Crippen LogP contribution in [0.4, 0.5) is 0 Å². The second-order valence-electron chi connectivity index (χ2n) is 6.11. The quantitative estimate of drug-likeness (QED) is 0.634. The highest BCUT2D eigenvalue weighted by Gasteiger charge is 2.19. The van der Waals surface area contributed by atoms with Gasteiger partial charge in [0.05, 0.1) is 26.9 Å². The van der Waals surface area contributed by atoms with Crippen LogP contribution < -0.4 is 9.47 Å². The second-order valence-corrected chi connectivity index (χ2v) is 6.92. The second kappa shape index (κ2) is 8.31. The first kappa shape index (κ1) is 17.8. The molecule has 0 unspecified atom stereocenters. The number of methoxy groups -OCH3 is 1. The van der Waals surface area contributed by atoms with Crippen LogP contribution in [0.3, 0.4) is 0 Å². The predicted octanol–water partition coefficient (Wildman–Crippen LogP) is 4.47. The molecule has 1 aromatic carbocycles. The van der Waals surface area contributed by atoms with Gasteiger partial charge in [0.2, 0.25) is 0 Å². The summed E-state index contributed by atoms with van der Waals surface area (Å²) in [5.41, 5.74) is 1.04. The Morgan fingerprint density at radius 3 is 2.43 bits per heavy atom. The Labute approximate surface area is 145 Å². The molecule has 23 heavy (non-hydrogen) atoms. The van der Waals surface area contributed by atoms with Gasteiger partial charge in [0.15, 0.2) is 0 Å². The first-order valence-corrected chi connectivity index (χ1v) is 8.23. The number of aromatic nitrogens is 1. The van der Waals surface area contributed by atoms with Crippen LogP contribution >= 0.6 is 15.9 Å². The van der Waals surface area contributed by atoms with Crippen molar-refractivity contribution >= 4 is 15.9 Å². The highest BCUT2D eigenvalue weighted by molar-refractivity contribution is 9.10. The largest absolute Gasteiger partial charge is 0.497 e. The monoisotopic (exact) mass is 379 g/mol. The lowest BCUT2D eigenvalue weighted by atomic mass is 9.96. The van der Waals surface area contributed by atoms with Gasteiger partial charge in [-0.15, -0.1) is 0 Å². The van der Waals surface area contributed by atoms with Crippen LogP contribution in [0.2, 0.25) is 0 Å². The maximum atomic E-state index is 5.83. The molecule has 1 aromatic heterocycles. The highest BCUT2D eigenvalue weighted by atomic mass is 79.9. The first-order valence-electron chi connectivity index (χ1n) is 7.43. The van der Waals surface area contributed by atoms with Gasteiger partial charge in [-0.1, -0.05) is 26.0 Å². The molecule has 4 nitrogen and oxygen atoms in total. The van der Waals surface area contributed by atoms with Gasteiger partial charge < -0.3 is 14.2 Å². The minimum Gasteiger partial charge on any atom is -0.497 e. The first-order chi connectivity index (χ1) is 11.0. The standard InChI is InChI=1S/C18H22BrNO3/c1-18(2,13-23-16-8-9-20-17(19)10-16)12-22-11-14-4-6-15(21-3)7-5-14/h4-10H,11-13H2,1-3H3. The van der Waals surface area contributed by atoms with Crippen molar-refractivity contribution in [2.45, 2.75) is 20.5 Å². The Balaban J connectivity index is 1.76. The van der Waals surface area contributed by atoms with Crippen LogP contribution in [-0.2, 0) is 11.3 Å². The third-order valence-electron chi connectivity index (χ3n) is 3.25. The van der Waals surface area contributed by atoms with Crippen LogP contribution in [0, 0.1) is 5.41 Å². The van der Waals surface area contributed by atoms with E-state index in [0.29, 0.717) is 19.8 Å². The number of hydrogen-bond donors (Lipinski definition) is 0. The average molecular weight is 380 g/mol. The number of nitrogens with zero attached hydrogens (tertiary/aromatic N) is 1. The van der Waals surface area contributed by atoms with Gasteiger partial charge >= 0.3 is 0 Å². The Bertz CT molecular complexity index is 614. The molecule has 0 aliphatic carbocycles. The molecular formula is C18H22BrNO3. The summed E-state index contributed by atoms with van der Waals surface area (Å²) in [6.07, 6.45) is 1.71. The van der Waals surface area contributed by atoms with Gasteiger partial charge in [-0.2, -0.15) is 0 Å². The van der Waals surface area contributed by atoms with E-state index in [4.69, 9.17) is 14.2 Å². The fraction of sp³-hybridized carbons (Fsp3) is 0.389. The SMILES string of the molecule is COc1ccc(COCC(C)(C)COc2ccnc(Br)c2)cc1. The van der Waals surface area contributed by atoms with Gasteiger partial charge in [-0.05, 0) is 39.7 Å². The molecule has 0 saturated carbocycles. The number of ether oxygens (including phenoxy) is 3. The van der Waals surface area contributed by atoms with Crippen LogP contribution in [0.15, 0.2) is 47.2 Å². The molecule has 0 saturated heterocycles. The zero-order valence-corrected chi connectivity index (χ0v) is 15.3. The summed E-state index contributed by atoms with van der Waals surface area (Å²) < 4.78 is 17.6. The maximum Gasteiger partial charge on any atom is 0.123 e. The van der Waals surface area contributed by atoms with Gasteiger partial charge in [-0.25, -0.2) is 4.98 Å². The third kappa shape index (κ3) is 6.20. The topological polar surface area (TPSA) is 40.6 Å². The van der Waals surface area contributed by atoms with Crippen molar-refractivity contribution in [3.63, 3.8) is 0 Å². The Morgan fingerprint density at radius 2 is 1.78 bits per heavy atom. The summed E-state index contributed by atoms with van der Waals surface area (Å²) >= 11 is 3.34. The number of hydrogen-bond acceptors (Lipinski definition) is 4. The van der Waals surface area contributed by atoms with Gasteiger partial charge in [0.25, 0.3) is 0 Å². The fourth-order valence-corrected chi connectivity index (χ4v) is 2.31. The predicted molar refractivity (Wildman–Crippen MR) is 93.9 cm³/mol. The minimum absolute atomic E-state index is 0.0811. The van der Waals surface area contributed by atoms with Crippen molar-refractivity contribution in [1.29, 1.82) is 0 Å². The molecule has 0 radical (unpaired) electrons. The molecule has 5 heteroatoms.